The van der Waals surface area contributed by atoms with Gasteiger partial charge in [0.15, 0.2) is 0 Å². The largest absolute Gasteiger partial charge is 0.368 e. The summed E-state index contributed by atoms with van der Waals surface area (Å²) in [4.78, 5) is 9.29. The molecular formula is C21H26FN5. The number of benzene rings is 1. The van der Waals surface area contributed by atoms with Gasteiger partial charge in [-0.1, -0.05) is 19.3 Å². The van der Waals surface area contributed by atoms with Crippen LogP contribution in [0.5, 0.6) is 0 Å². The molecule has 0 spiro atoms. The van der Waals surface area contributed by atoms with Crippen LogP contribution < -0.4 is 10.6 Å². The van der Waals surface area contributed by atoms with E-state index in [1.807, 2.05) is 6.20 Å². The lowest BCUT2D eigenvalue weighted by Crippen LogP contribution is -2.15. The van der Waals surface area contributed by atoms with Crippen molar-refractivity contribution >= 4 is 28.5 Å². The van der Waals surface area contributed by atoms with E-state index < -0.39 is 0 Å². The third kappa shape index (κ3) is 3.89. The number of aromatic nitrogens is 3. The molecule has 27 heavy (non-hydrogen) atoms. The number of fused-ring (bicyclic) bond motifs is 1. The van der Waals surface area contributed by atoms with Crippen LogP contribution in [0.4, 0.5) is 21.8 Å². The van der Waals surface area contributed by atoms with Crippen molar-refractivity contribution < 1.29 is 4.39 Å². The van der Waals surface area contributed by atoms with Gasteiger partial charge in [0, 0.05) is 23.8 Å². The molecule has 0 atom stereocenters. The Labute approximate surface area is 159 Å². The zero-order chi connectivity index (χ0) is 18.8. The molecule has 1 saturated carbocycles. The molecule has 5 nitrogen and oxygen atoms in total. The molecular weight excluding hydrogens is 341 g/mol. The van der Waals surface area contributed by atoms with Crippen LogP contribution in [0.3, 0.4) is 0 Å². The fourth-order valence-electron chi connectivity index (χ4n) is 3.83. The Kier molecular flexibility index (Phi) is 4.97. The van der Waals surface area contributed by atoms with Gasteiger partial charge in [0.25, 0.3) is 0 Å². The maximum atomic E-state index is 13.2. The molecule has 0 amide bonds. The Morgan fingerprint density at radius 3 is 2.56 bits per heavy atom. The van der Waals surface area contributed by atoms with E-state index in [9.17, 15) is 4.39 Å². The number of nitrogens with one attached hydrogen (secondary N) is 2. The summed E-state index contributed by atoms with van der Waals surface area (Å²) in [7, 11) is 0. The summed E-state index contributed by atoms with van der Waals surface area (Å²) < 4.78 is 15.6. The Morgan fingerprint density at radius 1 is 1.11 bits per heavy atom. The second-order valence-electron chi connectivity index (χ2n) is 7.59. The predicted octanol–water partition coefficient (Wildman–Crippen LogP) is 5.64. The molecule has 2 N–H and O–H groups in total. The van der Waals surface area contributed by atoms with Gasteiger partial charge in [0.1, 0.15) is 17.2 Å². The second-order valence-corrected chi connectivity index (χ2v) is 7.59. The van der Waals surface area contributed by atoms with E-state index in [0.29, 0.717) is 12.1 Å². The number of pyridine rings is 1. The SMILES string of the molecule is CC(C)Nc1cc2c(cn1)nc(Nc1ccc(F)cc1)n2C1CCCCC1. The van der Waals surface area contributed by atoms with Gasteiger partial charge in [-0.15, -0.1) is 0 Å². The molecule has 0 aliphatic heterocycles. The van der Waals surface area contributed by atoms with Gasteiger partial charge in [0.05, 0.1) is 11.7 Å². The summed E-state index contributed by atoms with van der Waals surface area (Å²) in [6.45, 7) is 4.21. The molecule has 142 valence electrons. The van der Waals surface area contributed by atoms with Gasteiger partial charge in [0.2, 0.25) is 5.95 Å². The third-order valence-electron chi connectivity index (χ3n) is 5.05. The van der Waals surface area contributed by atoms with Crippen molar-refractivity contribution in [2.24, 2.45) is 0 Å². The van der Waals surface area contributed by atoms with E-state index in [2.05, 4.69) is 40.1 Å². The average molecular weight is 367 g/mol. The van der Waals surface area contributed by atoms with Gasteiger partial charge in [-0.25, -0.2) is 14.4 Å². The quantitative estimate of drug-likeness (QED) is 0.613. The van der Waals surface area contributed by atoms with Gasteiger partial charge in [-0.05, 0) is 51.0 Å². The molecule has 0 radical (unpaired) electrons. The first-order valence-electron chi connectivity index (χ1n) is 9.77. The van der Waals surface area contributed by atoms with Crippen molar-refractivity contribution in [1.82, 2.24) is 14.5 Å². The van der Waals surface area contributed by atoms with Crippen LogP contribution in [0.1, 0.15) is 52.0 Å². The summed E-state index contributed by atoms with van der Waals surface area (Å²) in [6.07, 6.45) is 7.91. The summed E-state index contributed by atoms with van der Waals surface area (Å²) in [6, 6.07) is 9.23. The van der Waals surface area contributed by atoms with Gasteiger partial charge in [-0.2, -0.15) is 0 Å². The number of anilines is 3. The van der Waals surface area contributed by atoms with E-state index in [-0.39, 0.29) is 5.82 Å². The molecule has 2 aromatic heterocycles. The Hall–Kier alpha value is -2.63. The monoisotopic (exact) mass is 367 g/mol. The lowest BCUT2D eigenvalue weighted by atomic mass is 9.95. The predicted molar refractivity (Wildman–Crippen MR) is 108 cm³/mol. The van der Waals surface area contributed by atoms with Gasteiger partial charge in [-0.3, -0.25) is 0 Å². The first-order valence-corrected chi connectivity index (χ1v) is 9.77. The summed E-state index contributed by atoms with van der Waals surface area (Å²) >= 11 is 0. The third-order valence-corrected chi connectivity index (χ3v) is 5.05. The Morgan fingerprint density at radius 2 is 1.85 bits per heavy atom. The molecule has 1 fully saturated rings. The normalized spacial score (nSPS) is 15.4. The number of nitrogens with zero attached hydrogens (tertiary/aromatic N) is 3. The van der Waals surface area contributed by atoms with Crippen LogP contribution in [0.25, 0.3) is 11.0 Å². The smallest absolute Gasteiger partial charge is 0.208 e. The molecule has 1 aliphatic rings. The molecule has 3 aromatic rings. The van der Waals surface area contributed by atoms with Crippen molar-refractivity contribution in [3.05, 3.63) is 42.3 Å². The van der Waals surface area contributed by atoms with E-state index in [0.717, 1.165) is 41.3 Å². The maximum absolute atomic E-state index is 13.2. The van der Waals surface area contributed by atoms with Crippen molar-refractivity contribution in [2.75, 3.05) is 10.6 Å². The lowest BCUT2D eigenvalue weighted by molar-refractivity contribution is 0.363. The minimum atomic E-state index is -0.241. The van der Waals surface area contributed by atoms with Crippen LogP contribution in [0, 0.1) is 5.82 Å². The van der Waals surface area contributed by atoms with Crippen molar-refractivity contribution in [3.63, 3.8) is 0 Å². The minimum absolute atomic E-state index is 0.241. The number of rotatable bonds is 5. The standard InChI is InChI=1S/C21H26FN5/c1-14(2)24-20-12-19-18(13-23-20)26-21(25-16-10-8-15(22)9-11-16)27(19)17-6-4-3-5-7-17/h8-14,17H,3-7H2,1-2H3,(H,23,24)(H,25,26). The summed E-state index contributed by atoms with van der Waals surface area (Å²) in [5.41, 5.74) is 2.79. The first-order chi connectivity index (χ1) is 13.1. The zero-order valence-electron chi connectivity index (χ0n) is 15.9. The molecule has 4 rings (SSSR count). The highest BCUT2D eigenvalue weighted by Crippen LogP contribution is 2.35. The van der Waals surface area contributed by atoms with Crippen LogP contribution in [-0.2, 0) is 0 Å². The molecule has 1 aromatic carbocycles. The minimum Gasteiger partial charge on any atom is -0.368 e. The molecule has 0 bridgehead atoms. The van der Waals surface area contributed by atoms with Gasteiger partial charge < -0.3 is 15.2 Å². The highest BCUT2D eigenvalue weighted by molar-refractivity contribution is 5.81. The zero-order valence-corrected chi connectivity index (χ0v) is 15.9. The van der Waals surface area contributed by atoms with Crippen LogP contribution in [-0.4, -0.2) is 20.6 Å². The summed E-state index contributed by atoms with van der Waals surface area (Å²) in [5.74, 6) is 1.42. The van der Waals surface area contributed by atoms with Gasteiger partial charge >= 0.3 is 0 Å². The second kappa shape index (κ2) is 7.55. The van der Waals surface area contributed by atoms with Crippen molar-refractivity contribution in [2.45, 2.75) is 58.0 Å². The molecule has 6 heteroatoms. The van der Waals surface area contributed by atoms with E-state index in [1.165, 1.54) is 31.4 Å². The fraction of sp³-hybridized carbons (Fsp3) is 0.429. The molecule has 2 heterocycles. The average Bonchev–Trinajstić information content (AvgIpc) is 3.01. The number of halogens is 1. The fourth-order valence-corrected chi connectivity index (χ4v) is 3.83. The number of hydrogen-bond acceptors (Lipinski definition) is 4. The van der Waals surface area contributed by atoms with Crippen LogP contribution >= 0.6 is 0 Å². The number of hydrogen-bond donors (Lipinski definition) is 2. The van der Waals surface area contributed by atoms with Crippen molar-refractivity contribution in [1.29, 1.82) is 0 Å². The first kappa shape index (κ1) is 17.8. The Bertz CT molecular complexity index is 910. The topological polar surface area (TPSA) is 54.8 Å². The molecule has 1 aliphatic carbocycles. The van der Waals surface area contributed by atoms with Crippen molar-refractivity contribution in [3.8, 4) is 0 Å². The highest BCUT2D eigenvalue weighted by Gasteiger charge is 2.22. The number of imidazole rings is 1. The lowest BCUT2D eigenvalue weighted by Gasteiger charge is -2.25. The van der Waals surface area contributed by atoms with E-state index in [1.54, 1.807) is 12.1 Å². The Balaban J connectivity index is 1.77. The van der Waals surface area contributed by atoms with Crippen LogP contribution in [0.15, 0.2) is 36.5 Å². The van der Waals surface area contributed by atoms with E-state index in [4.69, 9.17) is 4.98 Å². The highest BCUT2D eigenvalue weighted by atomic mass is 19.1. The van der Waals surface area contributed by atoms with Crippen LogP contribution in [0.2, 0.25) is 0 Å². The van der Waals surface area contributed by atoms with E-state index >= 15 is 0 Å². The molecule has 0 unspecified atom stereocenters. The maximum Gasteiger partial charge on any atom is 0.208 e. The summed E-state index contributed by atoms with van der Waals surface area (Å²) in [5, 5.41) is 6.76. The molecule has 0 saturated heterocycles.